The summed E-state index contributed by atoms with van der Waals surface area (Å²) >= 11 is 0. The van der Waals surface area contributed by atoms with Crippen LogP contribution >= 0.6 is 0 Å². The van der Waals surface area contributed by atoms with E-state index in [0.717, 1.165) is 25.7 Å². The molecule has 1 spiro atoms. The van der Waals surface area contributed by atoms with Gasteiger partial charge in [-0.15, -0.1) is 0 Å². The van der Waals surface area contributed by atoms with Crippen molar-refractivity contribution in [3.05, 3.63) is 10.4 Å². The van der Waals surface area contributed by atoms with E-state index in [2.05, 4.69) is 23.9 Å². The lowest BCUT2D eigenvalue weighted by atomic mass is 9.62. The molecule has 0 amide bonds. The first-order chi connectivity index (χ1) is 7.97. The van der Waals surface area contributed by atoms with Crippen molar-refractivity contribution in [1.82, 2.24) is 0 Å². The third-order valence-electron chi connectivity index (χ3n) is 4.36. The largest absolute Gasteiger partial charge is 0.462 e. The van der Waals surface area contributed by atoms with Crippen LogP contribution in [0.15, 0.2) is 5.11 Å². The minimum Gasteiger partial charge on any atom is -0.462 e. The molecule has 1 aliphatic heterocycles. The summed E-state index contributed by atoms with van der Waals surface area (Å²) in [6.07, 6.45) is 4.50. The van der Waals surface area contributed by atoms with Crippen LogP contribution in [0.25, 0.3) is 10.4 Å². The van der Waals surface area contributed by atoms with Crippen LogP contribution in [0.2, 0.25) is 0 Å². The van der Waals surface area contributed by atoms with E-state index in [-0.39, 0.29) is 24.0 Å². The third kappa shape index (κ3) is 2.39. The van der Waals surface area contributed by atoms with Gasteiger partial charge in [-0.05, 0) is 36.6 Å². The maximum atomic E-state index is 11.5. The highest BCUT2D eigenvalue weighted by atomic mass is 16.6. The molecular weight excluding hydrogens is 218 g/mol. The highest BCUT2D eigenvalue weighted by molar-refractivity contribution is 5.73. The van der Waals surface area contributed by atoms with Crippen LogP contribution < -0.4 is 0 Å². The Morgan fingerprint density at radius 1 is 1.41 bits per heavy atom. The number of rotatable bonds is 2. The smallest absolute Gasteiger partial charge is 0.306 e. The molecule has 1 saturated heterocycles. The Kier molecular flexibility index (Phi) is 3.04. The van der Waals surface area contributed by atoms with Crippen molar-refractivity contribution in [3.8, 4) is 0 Å². The molecule has 2 fully saturated rings. The van der Waals surface area contributed by atoms with Crippen molar-refractivity contribution in [2.45, 2.75) is 52.1 Å². The average molecular weight is 237 g/mol. The molecule has 2 aliphatic rings. The summed E-state index contributed by atoms with van der Waals surface area (Å²) in [4.78, 5) is 14.3. The summed E-state index contributed by atoms with van der Waals surface area (Å²) in [6.45, 7) is 4.81. The fraction of sp³-hybridized carbons (Fsp3) is 0.917. The summed E-state index contributed by atoms with van der Waals surface area (Å²) in [5.41, 5.74) is 8.67. The summed E-state index contributed by atoms with van der Waals surface area (Å²) in [5.74, 6) is -0.136. The van der Waals surface area contributed by atoms with Gasteiger partial charge in [0.15, 0.2) is 0 Å². The summed E-state index contributed by atoms with van der Waals surface area (Å²) in [7, 11) is 0. The number of carbonyl (C=O) groups is 1. The van der Waals surface area contributed by atoms with Gasteiger partial charge in [0.2, 0.25) is 0 Å². The van der Waals surface area contributed by atoms with Crippen molar-refractivity contribution < 1.29 is 9.53 Å². The molecule has 0 aromatic carbocycles. The van der Waals surface area contributed by atoms with E-state index in [1.807, 2.05) is 0 Å². The second-order valence-corrected chi connectivity index (χ2v) is 6.10. The molecule has 1 aliphatic carbocycles. The van der Waals surface area contributed by atoms with Gasteiger partial charge in [0.05, 0.1) is 13.0 Å². The van der Waals surface area contributed by atoms with Crippen LogP contribution in [-0.4, -0.2) is 18.6 Å². The number of ether oxygens (including phenoxy) is 1. The Bertz CT molecular complexity index is 362. The normalized spacial score (nSPS) is 29.8. The van der Waals surface area contributed by atoms with Gasteiger partial charge in [0, 0.05) is 10.3 Å². The zero-order valence-corrected chi connectivity index (χ0v) is 10.5. The van der Waals surface area contributed by atoms with Crippen LogP contribution in [0, 0.1) is 10.8 Å². The van der Waals surface area contributed by atoms with Crippen molar-refractivity contribution in [3.63, 3.8) is 0 Å². The number of cyclic esters (lactones) is 1. The molecule has 17 heavy (non-hydrogen) atoms. The average Bonchev–Trinajstić information content (AvgIpc) is 2.57. The van der Waals surface area contributed by atoms with Crippen molar-refractivity contribution in [2.75, 3.05) is 6.54 Å². The first-order valence-corrected chi connectivity index (χ1v) is 6.18. The van der Waals surface area contributed by atoms with Crippen molar-refractivity contribution in [2.24, 2.45) is 15.9 Å². The lowest BCUT2D eigenvalue weighted by Gasteiger charge is -2.42. The molecule has 0 radical (unpaired) electrons. The zero-order chi connectivity index (χ0) is 12.5. The Morgan fingerprint density at radius 3 is 2.65 bits per heavy atom. The van der Waals surface area contributed by atoms with E-state index in [4.69, 9.17) is 10.3 Å². The Balaban J connectivity index is 2.12. The summed E-state index contributed by atoms with van der Waals surface area (Å²) in [6, 6.07) is 0. The molecule has 1 unspecified atom stereocenters. The molecule has 2 rings (SSSR count). The highest BCUT2D eigenvalue weighted by Crippen LogP contribution is 2.52. The predicted molar refractivity (Wildman–Crippen MR) is 63.2 cm³/mol. The highest BCUT2D eigenvalue weighted by Gasteiger charge is 2.51. The van der Waals surface area contributed by atoms with E-state index in [1.54, 1.807) is 0 Å². The van der Waals surface area contributed by atoms with Gasteiger partial charge < -0.3 is 4.74 Å². The summed E-state index contributed by atoms with van der Waals surface area (Å²) in [5, 5.41) is 3.58. The molecule has 0 bridgehead atoms. The van der Waals surface area contributed by atoms with Crippen LogP contribution in [0.3, 0.4) is 0 Å². The molecule has 0 aromatic heterocycles. The molecule has 1 saturated carbocycles. The Hall–Kier alpha value is -1.22. The number of nitrogens with zero attached hydrogens (tertiary/aromatic N) is 3. The van der Waals surface area contributed by atoms with Gasteiger partial charge >= 0.3 is 5.97 Å². The monoisotopic (exact) mass is 237 g/mol. The maximum Gasteiger partial charge on any atom is 0.306 e. The standard InChI is InChI=1S/C12H19N3O2/c1-11(2)3-5-12(6-4-11)7-10(16)17-9(12)8-14-15-13/h9H,3-8H2,1-2H3. The first-order valence-electron chi connectivity index (χ1n) is 6.18. The topological polar surface area (TPSA) is 75.1 Å². The van der Waals surface area contributed by atoms with Gasteiger partial charge in [-0.25, -0.2) is 0 Å². The number of esters is 1. The maximum absolute atomic E-state index is 11.5. The molecule has 1 atom stereocenters. The van der Waals surface area contributed by atoms with Crippen molar-refractivity contribution in [1.29, 1.82) is 0 Å². The quantitative estimate of drug-likeness (QED) is 0.320. The third-order valence-corrected chi connectivity index (χ3v) is 4.36. The van der Waals surface area contributed by atoms with E-state index in [9.17, 15) is 4.79 Å². The van der Waals surface area contributed by atoms with Crippen LogP contribution in [0.4, 0.5) is 0 Å². The second kappa shape index (κ2) is 4.22. The zero-order valence-electron chi connectivity index (χ0n) is 10.5. The van der Waals surface area contributed by atoms with E-state index in [1.165, 1.54) is 0 Å². The van der Waals surface area contributed by atoms with Gasteiger partial charge in [0.25, 0.3) is 0 Å². The molecule has 0 aromatic rings. The van der Waals surface area contributed by atoms with E-state index in [0.29, 0.717) is 11.8 Å². The van der Waals surface area contributed by atoms with Gasteiger partial charge in [-0.1, -0.05) is 19.0 Å². The van der Waals surface area contributed by atoms with E-state index < -0.39 is 0 Å². The van der Waals surface area contributed by atoms with Gasteiger partial charge in [-0.2, -0.15) is 0 Å². The minimum atomic E-state index is -0.206. The van der Waals surface area contributed by atoms with Crippen LogP contribution in [-0.2, 0) is 9.53 Å². The lowest BCUT2D eigenvalue weighted by Crippen LogP contribution is -2.39. The van der Waals surface area contributed by atoms with Gasteiger partial charge in [0.1, 0.15) is 6.10 Å². The molecule has 5 heteroatoms. The molecule has 1 heterocycles. The number of azide groups is 1. The molecule has 5 nitrogen and oxygen atoms in total. The van der Waals surface area contributed by atoms with Crippen LogP contribution in [0.5, 0.6) is 0 Å². The van der Waals surface area contributed by atoms with Crippen LogP contribution in [0.1, 0.15) is 46.0 Å². The lowest BCUT2D eigenvalue weighted by molar-refractivity contribution is -0.141. The first kappa shape index (κ1) is 12.2. The number of hydrogen-bond donors (Lipinski definition) is 0. The van der Waals surface area contributed by atoms with E-state index >= 15 is 0 Å². The molecule has 0 N–H and O–H groups in total. The fourth-order valence-electron chi connectivity index (χ4n) is 2.99. The number of carbonyl (C=O) groups excluding carboxylic acids is 1. The molecule has 94 valence electrons. The SMILES string of the molecule is CC1(C)CCC2(CC1)CC(=O)OC2CN=[N+]=[N-]. The fourth-order valence-corrected chi connectivity index (χ4v) is 2.99. The van der Waals surface area contributed by atoms with Gasteiger partial charge in [-0.3, -0.25) is 4.79 Å². The second-order valence-electron chi connectivity index (χ2n) is 6.10. The Morgan fingerprint density at radius 2 is 2.06 bits per heavy atom. The molecular formula is C12H19N3O2. The minimum absolute atomic E-state index is 0.0687. The Labute approximate surface area is 101 Å². The van der Waals surface area contributed by atoms with Crippen molar-refractivity contribution >= 4 is 5.97 Å². The predicted octanol–water partition coefficient (Wildman–Crippen LogP) is 3.20. The number of hydrogen-bond acceptors (Lipinski definition) is 3. The summed E-state index contributed by atoms with van der Waals surface area (Å²) < 4.78 is 5.32.